The number of phosphoric ester groups is 1. The zero-order valence-corrected chi connectivity index (χ0v) is 47.8. The number of likely N-dealkylation sites (N-methyl/N-ethyl adjacent to an activating group) is 1. The molecule has 2 N–H and O–H groups in total. The lowest BCUT2D eigenvalue weighted by molar-refractivity contribution is -0.870. The first kappa shape index (κ1) is 68.7. The first-order chi connectivity index (χ1) is 34.9. The summed E-state index contributed by atoms with van der Waals surface area (Å²) in [5, 5.41) is 3.02. The van der Waals surface area contributed by atoms with E-state index in [-0.39, 0.29) is 32.0 Å². The summed E-state index contributed by atoms with van der Waals surface area (Å²) in [6.07, 6.45) is 69.5. The Bertz CT molecular complexity index is 1600. The maximum atomic E-state index is 13.5. The van der Waals surface area contributed by atoms with Crippen LogP contribution in [-0.2, 0) is 27.9 Å². The van der Waals surface area contributed by atoms with Gasteiger partial charge in [0.05, 0.1) is 33.8 Å². The SMILES string of the molecule is CC/C=C\C/C=C\C/C=C\C/C=C\C/C=C\CCCC(=O)OC(/C=C/CCCCCCCCCCCC)C(COP(=O)(O)OCC[N+](C)(C)C)NC(=O)CCCCCC/C=C\C/C=C\C/C=C\CCCCC. The van der Waals surface area contributed by atoms with Crippen molar-refractivity contribution in [2.75, 3.05) is 40.9 Å². The zero-order chi connectivity index (χ0) is 52.9. The highest BCUT2D eigenvalue weighted by atomic mass is 31.2. The summed E-state index contributed by atoms with van der Waals surface area (Å²) in [4.78, 5) is 37.6. The molecule has 0 saturated carbocycles. The van der Waals surface area contributed by atoms with Crippen molar-refractivity contribution in [1.29, 1.82) is 0 Å². The summed E-state index contributed by atoms with van der Waals surface area (Å²) in [6.45, 7) is 6.79. The van der Waals surface area contributed by atoms with E-state index >= 15 is 0 Å². The van der Waals surface area contributed by atoms with Crippen molar-refractivity contribution in [2.24, 2.45) is 0 Å². The van der Waals surface area contributed by atoms with Crippen molar-refractivity contribution in [2.45, 2.75) is 232 Å². The molecule has 0 aromatic heterocycles. The lowest BCUT2D eigenvalue weighted by Gasteiger charge is -2.27. The minimum absolute atomic E-state index is 0.0212. The molecule has 0 aromatic rings. The van der Waals surface area contributed by atoms with Crippen LogP contribution in [0.4, 0.5) is 0 Å². The topological polar surface area (TPSA) is 111 Å². The number of nitrogens with zero attached hydrogens (tertiary/aromatic N) is 1. The number of unbranched alkanes of at least 4 members (excludes halogenated alkanes) is 18. The Morgan fingerprint density at radius 1 is 0.500 bits per heavy atom. The third-order valence-electron chi connectivity index (χ3n) is 11.9. The Hall–Kier alpha value is -3.33. The maximum absolute atomic E-state index is 13.5. The Morgan fingerprint density at radius 2 is 0.903 bits per heavy atom. The molecular weight excluding hydrogens is 916 g/mol. The summed E-state index contributed by atoms with van der Waals surface area (Å²) in [6, 6.07) is -0.889. The van der Waals surface area contributed by atoms with Gasteiger partial charge in [-0.3, -0.25) is 18.6 Å². The largest absolute Gasteiger partial charge is 0.472 e. The van der Waals surface area contributed by atoms with Gasteiger partial charge in [0.25, 0.3) is 0 Å². The number of amides is 1. The summed E-state index contributed by atoms with van der Waals surface area (Å²) >= 11 is 0. The first-order valence-electron chi connectivity index (χ1n) is 28.7. The van der Waals surface area contributed by atoms with Gasteiger partial charge in [0, 0.05) is 12.8 Å². The number of phosphoric acid groups is 1. The molecule has 9 nitrogen and oxygen atoms in total. The molecule has 0 radical (unpaired) electrons. The van der Waals surface area contributed by atoms with Gasteiger partial charge in [-0.05, 0) is 109 Å². The second-order valence-corrected chi connectivity index (χ2v) is 21.5. The highest BCUT2D eigenvalue weighted by Gasteiger charge is 2.30. The minimum Gasteiger partial charge on any atom is -0.456 e. The third-order valence-corrected chi connectivity index (χ3v) is 12.9. The predicted molar refractivity (Wildman–Crippen MR) is 309 cm³/mol. The van der Waals surface area contributed by atoms with E-state index in [4.69, 9.17) is 13.8 Å². The lowest BCUT2D eigenvalue weighted by Crippen LogP contribution is -2.47. The van der Waals surface area contributed by atoms with Crippen LogP contribution in [0, 0.1) is 0 Å². The van der Waals surface area contributed by atoms with E-state index < -0.39 is 25.9 Å². The minimum atomic E-state index is -4.47. The molecule has 0 fully saturated rings. The van der Waals surface area contributed by atoms with Crippen molar-refractivity contribution >= 4 is 19.7 Å². The molecule has 0 aliphatic rings. The van der Waals surface area contributed by atoms with Crippen LogP contribution in [0.5, 0.6) is 0 Å². The highest BCUT2D eigenvalue weighted by Crippen LogP contribution is 2.43. The Balaban J connectivity index is 5.50. The molecule has 0 bridgehead atoms. The third kappa shape index (κ3) is 51.6. The van der Waals surface area contributed by atoms with Gasteiger partial charge < -0.3 is 19.4 Å². The van der Waals surface area contributed by atoms with E-state index in [9.17, 15) is 19.0 Å². The Kier molecular flexibility index (Phi) is 48.8. The van der Waals surface area contributed by atoms with Gasteiger partial charge in [-0.1, -0.05) is 208 Å². The number of allylic oxidation sites excluding steroid dienone is 17. The van der Waals surface area contributed by atoms with Crippen LogP contribution in [0.15, 0.2) is 109 Å². The number of carbonyl (C=O) groups excluding carboxylic acids is 2. The average Bonchev–Trinajstić information content (AvgIpc) is 3.34. The number of rotatable bonds is 50. The van der Waals surface area contributed by atoms with E-state index in [1.807, 2.05) is 33.3 Å². The molecule has 0 aromatic carbocycles. The normalized spacial score (nSPS) is 14.6. The summed E-state index contributed by atoms with van der Waals surface area (Å²) in [5.74, 6) is -0.607. The van der Waals surface area contributed by atoms with Gasteiger partial charge in [-0.2, -0.15) is 0 Å². The molecule has 0 rings (SSSR count). The van der Waals surface area contributed by atoms with E-state index in [2.05, 4.69) is 123 Å². The predicted octanol–water partition coefficient (Wildman–Crippen LogP) is 17.4. The lowest BCUT2D eigenvalue weighted by atomic mass is 10.1. The van der Waals surface area contributed by atoms with E-state index in [1.54, 1.807) is 0 Å². The maximum Gasteiger partial charge on any atom is 0.472 e. The molecule has 3 atom stereocenters. The van der Waals surface area contributed by atoms with Gasteiger partial charge >= 0.3 is 13.8 Å². The second kappa shape index (κ2) is 51.2. The molecule has 1 amide bonds. The van der Waals surface area contributed by atoms with E-state index in [0.29, 0.717) is 23.9 Å². The quantitative estimate of drug-likeness (QED) is 0.0205. The smallest absolute Gasteiger partial charge is 0.456 e. The fourth-order valence-electron chi connectivity index (χ4n) is 7.51. The van der Waals surface area contributed by atoms with Crippen molar-refractivity contribution in [3.05, 3.63) is 109 Å². The van der Waals surface area contributed by atoms with Gasteiger partial charge in [0.2, 0.25) is 5.91 Å². The number of esters is 1. The van der Waals surface area contributed by atoms with Crippen LogP contribution in [0.25, 0.3) is 0 Å². The molecule has 0 aliphatic heterocycles. The summed E-state index contributed by atoms with van der Waals surface area (Å²) in [5.41, 5.74) is 0. The van der Waals surface area contributed by atoms with Crippen molar-refractivity contribution < 1.29 is 37.3 Å². The molecule has 10 heteroatoms. The van der Waals surface area contributed by atoms with Gasteiger partial charge in [-0.15, -0.1) is 0 Å². The van der Waals surface area contributed by atoms with E-state index in [0.717, 1.165) is 96.3 Å². The number of ether oxygens (including phenoxy) is 1. The fraction of sp³-hybridized carbons (Fsp3) is 0.677. The number of hydrogen-bond acceptors (Lipinski definition) is 6. The van der Waals surface area contributed by atoms with E-state index in [1.165, 1.54) is 77.0 Å². The van der Waals surface area contributed by atoms with Crippen LogP contribution in [0.1, 0.15) is 220 Å². The molecule has 0 saturated heterocycles. The number of carbonyl (C=O) groups is 2. The van der Waals surface area contributed by atoms with Crippen molar-refractivity contribution in [1.82, 2.24) is 5.32 Å². The molecule has 3 unspecified atom stereocenters. The average molecular weight is 1020 g/mol. The molecule has 0 spiro atoms. The Labute approximate surface area is 442 Å². The number of quaternary nitrogens is 1. The van der Waals surface area contributed by atoms with Crippen LogP contribution in [-0.4, -0.2) is 74.3 Å². The summed E-state index contributed by atoms with van der Waals surface area (Å²) in [7, 11) is 1.43. The highest BCUT2D eigenvalue weighted by molar-refractivity contribution is 7.47. The molecule has 0 heterocycles. The van der Waals surface area contributed by atoms with Crippen molar-refractivity contribution in [3.63, 3.8) is 0 Å². The van der Waals surface area contributed by atoms with Crippen LogP contribution in [0.3, 0.4) is 0 Å². The monoisotopic (exact) mass is 1020 g/mol. The summed E-state index contributed by atoms with van der Waals surface area (Å²) < 4.78 is 30.5. The molecular formula is C62H108N2O7P+. The Morgan fingerprint density at radius 3 is 1.39 bits per heavy atom. The van der Waals surface area contributed by atoms with Gasteiger partial charge in [-0.25, -0.2) is 4.57 Å². The van der Waals surface area contributed by atoms with Crippen LogP contribution in [0.2, 0.25) is 0 Å². The zero-order valence-electron chi connectivity index (χ0n) is 46.9. The number of hydrogen-bond donors (Lipinski definition) is 2. The first-order valence-corrected chi connectivity index (χ1v) is 30.2. The number of nitrogens with one attached hydrogen (secondary N) is 1. The van der Waals surface area contributed by atoms with Gasteiger partial charge in [0.15, 0.2) is 0 Å². The molecule has 72 heavy (non-hydrogen) atoms. The van der Waals surface area contributed by atoms with Gasteiger partial charge in [0.1, 0.15) is 19.3 Å². The fourth-order valence-corrected chi connectivity index (χ4v) is 8.25. The molecule has 412 valence electrons. The standard InChI is InChI=1S/C62H107N2O7P/c1-7-10-13-16-19-22-25-28-30-32-34-36-39-42-45-48-51-54-61(65)63-59(58-70-72(67,68)69-57-56-64(4,5)6)60(53-50-47-44-41-38-27-24-21-18-15-12-9-3)71-62(66)55-52-49-46-43-40-37-35-33-31-29-26-23-20-17-14-11-8-2/h11,14,19-20,22-23,28-31,34-37,43,46,50,53,59-60H,7-10,12-13,15-18,21,24-27,32-33,38-42,44-45,47-49,51-52,54-58H2,1-6H3,(H-,63,65,67,68)/p+1/b14-11-,22-19-,23-20-,30-28-,31-29-,36-34-,37-35-,46-43-,53-50+. The second-order valence-electron chi connectivity index (χ2n) is 20.1. The van der Waals surface area contributed by atoms with Crippen molar-refractivity contribution in [3.8, 4) is 0 Å². The van der Waals surface area contributed by atoms with Crippen LogP contribution >= 0.6 is 7.82 Å². The van der Waals surface area contributed by atoms with Crippen LogP contribution < -0.4 is 5.32 Å². The molecule has 0 aliphatic carbocycles.